The lowest BCUT2D eigenvalue weighted by Crippen LogP contribution is -2.07. The molecular formula is C13H26O5. The van der Waals surface area contributed by atoms with E-state index in [9.17, 15) is 9.59 Å². The van der Waals surface area contributed by atoms with Gasteiger partial charge >= 0.3 is 11.9 Å². The van der Waals surface area contributed by atoms with Gasteiger partial charge in [-0.2, -0.15) is 0 Å². The van der Waals surface area contributed by atoms with Crippen molar-refractivity contribution in [1.29, 1.82) is 0 Å². The predicted molar refractivity (Wildman–Crippen MR) is 68.9 cm³/mol. The molecule has 0 heterocycles. The van der Waals surface area contributed by atoms with E-state index in [-0.39, 0.29) is 6.79 Å². The van der Waals surface area contributed by atoms with Gasteiger partial charge in [-0.05, 0) is 6.42 Å². The lowest BCUT2D eigenvalue weighted by molar-refractivity contribution is -0.163. The summed E-state index contributed by atoms with van der Waals surface area (Å²) in [5.74, 6) is -0.924. The fourth-order valence-electron chi connectivity index (χ4n) is 1.09. The van der Waals surface area contributed by atoms with Crippen LogP contribution in [0.3, 0.4) is 0 Å². The summed E-state index contributed by atoms with van der Waals surface area (Å²) in [6.07, 6.45) is 7.50. The first kappa shape index (κ1) is 19.2. The fourth-order valence-corrected chi connectivity index (χ4v) is 1.09. The van der Waals surface area contributed by atoms with E-state index in [0.29, 0.717) is 6.61 Å². The second-order valence-corrected chi connectivity index (χ2v) is 3.88. The van der Waals surface area contributed by atoms with Crippen LogP contribution in [-0.2, 0) is 19.1 Å². The first-order valence-corrected chi connectivity index (χ1v) is 6.42. The summed E-state index contributed by atoms with van der Waals surface area (Å²) in [5.41, 5.74) is 0. The summed E-state index contributed by atoms with van der Waals surface area (Å²) in [6, 6.07) is 0. The number of aliphatic hydroxyl groups excluding tert-OH is 1. The Bertz CT molecular complexity index is 184. The number of unbranched alkanes of at least 4 members (excludes halogenated alkanes) is 5. The second-order valence-electron chi connectivity index (χ2n) is 3.88. The molecule has 0 radical (unpaired) electrons. The number of carbonyl (C=O) groups excluding carboxylic acids is 2. The van der Waals surface area contributed by atoms with Crippen LogP contribution in [0.2, 0.25) is 0 Å². The molecule has 0 aromatic rings. The molecule has 0 rings (SSSR count). The minimum Gasteiger partial charge on any atom is -0.428 e. The van der Waals surface area contributed by atoms with Gasteiger partial charge in [-0.3, -0.25) is 9.59 Å². The van der Waals surface area contributed by atoms with Gasteiger partial charge in [0.1, 0.15) is 0 Å². The molecule has 0 spiro atoms. The van der Waals surface area contributed by atoms with Gasteiger partial charge in [0.25, 0.3) is 0 Å². The summed E-state index contributed by atoms with van der Waals surface area (Å²) in [4.78, 5) is 20.0. The smallest absolute Gasteiger partial charge is 0.305 e. The van der Waals surface area contributed by atoms with Crippen molar-refractivity contribution >= 4 is 11.9 Å². The van der Waals surface area contributed by atoms with Crippen LogP contribution < -0.4 is 0 Å². The molecule has 0 aliphatic rings. The average Bonchev–Trinajstić information content (AvgIpc) is 2.29. The fraction of sp³-hybridized carbons (Fsp3) is 0.846. The highest BCUT2D eigenvalue weighted by Crippen LogP contribution is 2.03. The number of rotatable bonds is 8. The molecule has 0 bridgehead atoms. The second kappa shape index (κ2) is 15.9. The van der Waals surface area contributed by atoms with Crippen LogP contribution in [0.4, 0.5) is 0 Å². The van der Waals surface area contributed by atoms with E-state index in [1.165, 1.54) is 46.0 Å². The summed E-state index contributed by atoms with van der Waals surface area (Å²) >= 11 is 0. The van der Waals surface area contributed by atoms with Gasteiger partial charge in [0.05, 0.1) is 0 Å². The zero-order valence-electron chi connectivity index (χ0n) is 11.7. The normalized spacial score (nSPS) is 9.11. The molecule has 0 atom stereocenters. The number of aliphatic hydroxyl groups is 1. The Balaban J connectivity index is 0. The molecule has 5 nitrogen and oxygen atoms in total. The summed E-state index contributed by atoms with van der Waals surface area (Å²) < 4.78 is 8.54. The molecule has 0 aromatic carbocycles. The van der Waals surface area contributed by atoms with Gasteiger partial charge in [0, 0.05) is 20.5 Å². The van der Waals surface area contributed by atoms with E-state index >= 15 is 0 Å². The molecule has 0 saturated heterocycles. The Kier molecular flexibility index (Phi) is 17.0. The van der Waals surface area contributed by atoms with Gasteiger partial charge in [-0.25, -0.2) is 0 Å². The molecule has 1 N–H and O–H groups in total. The molecular weight excluding hydrogens is 236 g/mol. The lowest BCUT2D eigenvalue weighted by atomic mass is 10.1. The third-order valence-corrected chi connectivity index (χ3v) is 2.04. The molecule has 0 unspecified atom stereocenters. The predicted octanol–water partition coefficient (Wildman–Crippen LogP) is 2.41. The highest BCUT2D eigenvalue weighted by Gasteiger charge is 1.93. The highest BCUT2D eigenvalue weighted by molar-refractivity contribution is 5.67. The van der Waals surface area contributed by atoms with Crippen LogP contribution >= 0.6 is 0 Å². The van der Waals surface area contributed by atoms with Crippen molar-refractivity contribution in [3.63, 3.8) is 0 Å². The Labute approximate surface area is 109 Å². The molecule has 0 saturated carbocycles. The molecule has 0 aliphatic heterocycles. The summed E-state index contributed by atoms with van der Waals surface area (Å²) in [5, 5.41) is 8.42. The van der Waals surface area contributed by atoms with E-state index in [1.807, 2.05) is 0 Å². The third-order valence-electron chi connectivity index (χ3n) is 2.04. The lowest BCUT2D eigenvalue weighted by Gasteiger charge is -1.99. The molecule has 0 amide bonds. The van der Waals surface area contributed by atoms with Crippen molar-refractivity contribution in [1.82, 2.24) is 0 Å². The first-order valence-electron chi connectivity index (χ1n) is 6.42. The minimum absolute atomic E-state index is 0.287. The first-order chi connectivity index (χ1) is 8.54. The van der Waals surface area contributed by atoms with Gasteiger partial charge in [-0.15, -0.1) is 0 Å². The minimum atomic E-state index is -0.462. The summed E-state index contributed by atoms with van der Waals surface area (Å²) in [6.45, 7) is 4.77. The van der Waals surface area contributed by atoms with Gasteiger partial charge in [-0.1, -0.05) is 39.0 Å². The maximum Gasteiger partial charge on any atom is 0.305 e. The van der Waals surface area contributed by atoms with Crippen molar-refractivity contribution in [2.24, 2.45) is 0 Å². The van der Waals surface area contributed by atoms with Crippen LogP contribution in [0, 0.1) is 0 Å². The maximum atomic E-state index is 10.0. The van der Waals surface area contributed by atoms with Crippen LogP contribution in [0.25, 0.3) is 0 Å². The number of ether oxygens (including phenoxy) is 2. The van der Waals surface area contributed by atoms with E-state index in [0.717, 1.165) is 6.42 Å². The molecule has 108 valence electrons. The topological polar surface area (TPSA) is 72.8 Å². The number of hydrogen-bond donors (Lipinski definition) is 1. The van der Waals surface area contributed by atoms with E-state index < -0.39 is 11.9 Å². The van der Waals surface area contributed by atoms with Crippen molar-refractivity contribution in [3.05, 3.63) is 0 Å². The Hall–Kier alpha value is -1.10. The van der Waals surface area contributed by atoms with Crippen molar-refractivity contribution < 1.29 is 24.2 Å². The van der Waals surface area contributed by atoms with Crippen molar-refractivity contribution in [3.8, 4) is 0 Å². The SMILES string of the molecule is CC(=O)OCOC(C)=O.CCCCCCCCO. The van der Waals surface area contributed by atoms with Gasteiger partial charge in [0.2, 0.25) is 6.79 Å². The van der Waals surface area contributed by atoms with Crippen molar-refractivity contribution in [2.45, 2.75) is 59.3 Å². The van der Waals surface area contributed by atoms with Crippen molar-refractivity contribution in [2.75, 3.05) is 13.4 Å². The average molecular weight is 262 g/mol. The quantitative estimate of drug-likeness (QED) is 0.413. The van der Waals surface area contributed by atoms with E-state index in [2.05, 4.69) is 16.4 Å². The molecule has 5 heteroatoms. The monoisotopic (exact) mass is 262 g/mol. The third kappa shape index (κ3) is 24.2. The zero-order valence-corrected chi connectivity index (χ0v) is 11.7. The largest absolute Gasteiger partial charge is 0.428 e. The Morgan fingerprint density at radius 1 is 0.889 bits per heavy atom. The maximum absolute atomic E-state index is 10.0. The highest BCUT2D eigenvalue weighted by atomic mass is 16.7. The van der Waals surface area contributed by atoms with Gasteiger partial charge < -0.3 is 14.6 Å². The van der Waals surface area contributed by atoms with E-state index in [1.54, 1.807) is 0 Å². The zero-order chi connectivity index (χ0) is 14.2. The number of esters is 2. The van der Waals surface area contributed by atoms with E-state index in [4.69, 9.17) is 5.11 Å². The van der Waals surface area contributed by atoms with Crippen LogP contribution in [0.15, 0.2) is 0 Å². The van der Waals surface area contributed by atoms with Crippen LogP contribution in [0.1, 0.15) is 59.3 Å². The molecule has 0 aliphatic carbocycles. The number of hydrogen-bond acceptors (Lipinski definition) is 5. The Morgan fingerprint density at radius 3 is 1.72 bits per heavy atom. The summed E-state index contributed by atoms with van der Waals surface area (Å²) in [7, 11) is 0. The van der Waals surface area contributed by atoms with Crippen LogP contribution in [0.5, 0.6) is 0 Å². The van der Waals surface area contributed by atoms with Crippen LogP contribution in [-0.4, -0.2) is 30.4 Å². The molecule has 0 aromatic heterocycles. The standard InChI is InChI=1S/C8H18O.C5H8O4/c1-2-3-4-5-6-7-8-9;1-4(6)8-3-9-5(2)7/h9H,2-8H2,1H3;3H2,1-2H3. The number of carbonyl (C=O) groups is 2. The molecule has 18 heavy (non-hydrogen) atoms. The van der Waals surface area contributed by atoms with Gasteiger partial charge in [0.15, 0.2) is 0 Å². The molecule has 0 fully saturated rings. The Morgan fingerprint density at radius 2 is 1.33 bits per heavy atom.